The van der Waals surface area contributed by atoms with Crippen LogP contribution in [0.1, 0.15) is 27.3 Å². The van der Waals surface area contributed by atoms with Gasteiger partial charge in [-0.15, -0.1) is 0 Å². The van der Waals surface area contributed by atoms with Crippen LogP contribution in [0.4, 0.5) is 24.5 Å². The summed E-state index contributed by atoms with van der Waals surface area (Å²) in [6.07, 6.45) is -0.938. The number of hydrogen-bond donors (Lipinski definition) is 2. The van der Waals surface area contributed by atoms with Crippen molar-refractivity contribution in [2.75, 3.05) is 50.6 Å². The van der Waals surface area contributed by atoms with Crippen molar-refractivity contribution in [1.82, 2.24) is 15.3 Å². The van der Waals surface area contributed by atoms with Gasteiger partial charge in [0.25, 0.3) is 5.91 Å². The highest BCUT2D eigenvalue weighted by Crippen LogP contribution is 2.34. The van der Waals surface area contributed by atoms with Crippen molar-refractivity contribution in [3.05, 3.63) is 71.3 Å². The molecule has 37 heavy (non-hydrogen) atoms. The summed E-state index contributed by atoms with van der Waals surface area (Å²) >= 11 is 0. The number of aryl methyl sites for hydroxylation is 1. The van der Waals surface area contributed by atoms with Crippen LogP contribution in [0, 0.1) is 12.8 Å². The van der Waals surface area contributed by atoms with Gasteiger partial charge in [-0.3, -0.25) is 14.8 Å². The van der Waals surface area contributed by atoms with Crippen molar-refractivity contribution in [3.8, 4) is 11.1 Å². The third-order valence-corrected chi connectivity index (χ3v) is 6.43. The average Bonchev–Trinajstić information content (AvgIpc) is 2.88. The molecule has 3 heterocycles. The van der Waals surface area contributed by atoms with Gasteiger partial charge in [-0.2, -0.15) is 13.2 Å². The molecule has 1 aliphatic heterocycles. The first-order chi connectivity index (χ1) is 17.7. The van der Waals surface area contributed by atoms with Crippen molar-refractivity contribution in [2.45, 2.75) is 19.5 Å². The molecule has 0 bridgehead atoms. The number of anilines is 2. The molecule has 1 amide bonds. The number of alkyl halides is 3. The van der Waals surface area contributed by atoms with Gasteiger partial charge in [0.15, 0.2) is 0 Å². The maximum Gasteiger partial charge on any atom is 0.433 e. The number of nitrogens with zero attached hydrogens (tertiary/aromatic N) is 3. The molecular weight excluding hydrogens is 483 g/mol. The van der Waals surface area contributed by atoms with E-state index in [9.17, 15) is 18.0 Å². The molecule has 1 atom stereocenters. The zero-order valence-electron chi connectivity index (χ0n) is 21.0. The number of fused-ring (bicyclic) bond motifs is 1. The largest absolute Gasteiger partial charge is 0.433 e. The van der Waals surface area contributed by atoms with Crippen LogP contribution >= 0.6 is 0 Å². The van der Waals surface area contributed by atoms with E-state index >= 15 is 0 Å². The number of ether oxygens (including phenoxy) is 1. The molecule has 0 saturated carbocycles. The predicted octanol–water partition coefficient (Wildman–Crippen LogP) is 4.57. The lowest BCUT2D eigenvalue weighted by molar-refractivity contribution is -0.141. The van der Waals surface area contributed by atoms with Gasteiger partial charge < -0.3 is 20.3 Å². The monoisotopic (exact) mass is 513 g/mol. The second-order valence-corrected chi connectivity index (χ2v) is 9.17. The van der Waals surface area contributed by atoms with Crippen molar-refractivity contribution >= 4 is 17.3 Å². The quantitative estimate of drug-likeness (QED) is 0.460. The molecule has 2 aromatic heterocycles. The van der Waals surface area contributed by atoms with Crippen LogP contribution in [0.5, 0.6) is 0 Å². The van der Waals surface area contributed by atoms with Gasteiger partial charge in [-0.25, -0.2) is 0 Å². The van der Waals surface area contributed by atoms with E-state index < -0.39 is 17.8 Å². The van der Waals surface area contributed by atoms with Crippen LogP contribution in [-0.4, -0.2) is 56.3 Å². The summed E-state index contributed by atoms with van der Waals surface area (Å²) in [6.45, 7) is 5.10. The Labute approximate surface area is 214 Å². The number of halogens is 3. The summed E-state index contributed by atoms with van der Waals surface area (Å²) in [4.78, 5) is 23.1. The fraction of sp³-hybridized carbons (Fsp3) is 0.370. The normalized spacial score (nSPS) is 15.4. The molecule has 0 fully saturated rings. The standard InChI is InChI=1S/C27H30F3N5O2/c1-17-4-5-21(34-26(36)19-6-7-32-25(12-19)27(28,29)30)13-22(17)20-11-24-23(33-15-20)10-18(14-31-2)16-35(24)8-9-37-3/h4-7,11-13,15,18,31H,8-10,14,16H2,1-3H3,(H,34,36). The molecule has 7 nitrogen and oxygen atoms in total. The highest BCUT2D eigenvalue weighted by Gasteiger charge is 2.33. The molecule has 0 radical (unpaired) electrons. The molecular formula is C27H30F3N5O2. The number of hydrogen-bond acceptors (Lipinski definition) is 6. The lowest BCUT2D eigenvalue weighted by Crippen LogP contribution is -2.41. The van der Waals surface area contributed by atoms with Crippen molar-refractivity contribution in [1.29, 1.82) is 0 Å². The van der Waals surface area contributed by atoms with Crippen molar-refractivity contribution < 1.29 is 22.7 Å². The van der Waals surface area contributed by atoms with Crippen LogP contribution in [0.2, 0.25) is 0 Å². The van der Waals surface area contributed by atoms with E-state index in [2.05, 4.69) is 26.6 Å². The smallest absolute Gasteiger partial charge is 0.383 e. The molecule has 4 rings (SSSR count). The minimum absolute atomic E-state index is 0.121. The zero-order chi connectivity index (χ0) is 26.6. The number of amides is 1. The third kappa shape index (κ3) is 6.26. The van der Waals surface area contributed by atoms with E-state index in [4.69, 9.17) is 9.72 Å². The highest BCUT2D eigenvalue weighted by molar-refractivity contribution is 6.04. The molecule has 1 aliphatic rings. The molecule has 1 unspecified atom stereocenters. The predicted molar refractivity (Wildman–Crippen MR) is 137 cm³/mol. The SMILES string of the molecule is CNCC1Cc2ncc(-c3cc(NC(=O)c4ccnc(C(F)(F)F)c4)ccc3C)cc2N(CCOC)C1. The van der Waals surface area contributed by atoms with Crippen LogP contribution < -0.4 is 15.5 Å². The Morgan fingerprint density at radius 1 is 1.19 bits per heavy atom. The third-order valence-electron chi connectivity index (χ3n) is 6.43. The van der Waals surface area contributed by atoms with Crippen LogP contribution in [0.15, 0.2) is 48.8 Å². The molecule has 0 aliphatic carbocycles. The Kier molecular flexibility index (Phi) is 8.09. The summed E-state index contributed by atoms with van der Waals surface area (Å²) in [6, 6.07) is 9.51. The van der Waals surface area contributed by atoms with Crippen LogP contribution in [0.25, 0.3) is 11.1 Å². The maximum absolute atomic E-state index is 13.0. The van der Waals surface area contributed by atoms with Crippen LogP contribution in [0.3, 0.4) is 0 Å². The number of aromatic nitrogens is 2. The Balaban J connectivity index is 1.61. The van der Waals surface area contributed by atoms with Crippen molar-refractivity contribution in [2.24, 2.45) is 5.92 Å². The van der Waals surface area contributed by atoms with Crippen LogP contribution in [-0.2, 0) is 17.3 Å². The lowest BCUT2D eigenvalue weighted by Gasteiger charge is -2.35. The highest BCUT2D eigenvalue weighted by atomic mass is 19.4. The zero-order valence-corrected chi connectivity index (χ0v) is 21.0. The molecule has 1 aromatic carbocycles. The minimum Gasteiger partial charge on any atom is -0.383 e. The first kappa shape index (κ1) is 26.6. The first-order valence-electron chi connectivity index (χ1n) is 12.0. The number of carbonyl (C=O) groups is 1. The Bertz CT molecular complexity index is 1270. The lowest BCUT2D eigenvalue weighted by atomic mass is 9.93. The van der Waals surface area contributed by atoms with Gasteiger partial charge in [-0.05, 0) is 74.3 Å². The van der Waals surface area contributed by atoms with E-state index in [1.807, 2.05) is 32.3 Å². The van der Waals surface area contributed by atoms with E-state index in [1.165, 1.54) is 6.07 Å². The number of benzene rings is 1. The fourth-order valence-electron chi connectivity index (χ4n) is 4.59. The summed E-state index contributed by atoms with van der Waals surface area (Å²) in [5.41, 5.74) is 4.09. The Morgan fingerprint density at radius 2 is 2.00 bits per heavy atom. The van der Waals surface area contributed by atoms with Gasteiger partial charge in [0.1, 0.15) is 5.69 Å². The number of methoxy groups -OCH3 is 1. The Morgan fingerprint density at radius 3 is 2.73 bits per heavy atom. The molecule has 0 spiro atoms. The minimum atomic E-state index is -4.63. The van der Waals surface area contributed by atoms with Crippen molar-refractivity contribution in [3.63, 3.8) is 0 Å². The number of nitrogens with one attached hydrogen (secondary N) is 2. The summed E-state index contributed by atoms with van der Waals surface area (Å²) in [5.74, 6) is -0.202. The molecule has 3 aromatic rings. The van der Waals surface area contributed by atoms with Gasteiger partial charge in [0.2, 0.25) is 0 Å². The maximum atomic E-state index is 13.0. The van der Waals surface area contributed by atoms with Gasteiger partial charge >= 0.3 is 6.18 Å². The van der Waals surface area contributed by atoms with E-state index in [-0.39, 0.29) is 5.56 Å². The molecule has 2 N–H and O–H groups in total. The fourth-order valence-corrected chi connectivity index (χ4v) is 4.59. The molecule has 196 valence electrons. The molecule has 0 saturated heterocycles. The number of carbonyl (C=O) groups excluding carboxylic acids is 1. The first-order valence-corrected chi connectivity index (χ1v) is 12.0. The van der Waals surface area contributed by atoms with Gasteiger partial charge in [0.05, 0.1) is 18.0 Å². The van der Waals surface area contributed by atoms with E-state index in [0.717, 1.165) is 66.4 Å². The average molecular weight is 514 g/mol. The molecule has 10 heteroatoms. The second kappa shape index (κ2) is 11.3. The topological polar surface area (TPSA) is 79.4 Å². The number of pyridine rings is 2. The van der Waals surface area contributed by atoms with E-state index in [0.29, 0.717) is 18.2 Å². The summed E-state index contributed by atoms with van der Waals surface area (Å²) in [7, 11) is 3.63. The number of rotatable bonds is 8. The summed E-state index contributed by atoms with van der Waals surface area (Å²) < 4.78 is 44.3. The Hall–Kier alpha value is -3.50. The second-order valence-electron chi connectivity index (χ2n) is 9.17. The summed E-state index contributed by atoms with van der Waals surface area (Å²) in [5, 5.41) is 5.96. The van der Waals surface area contributed by atoms with Gasteiger partial charge in [0, 0.05) is 49.4 Å². The van der Waals surface area contributed by atoms with Gasteiger partial charge in [-0.1, -0.05) is 6.07 Å². The van der Waals surface area contributed by atoms with E-state index in [1.54, 1.807) is 13.2 Å².